The number of carbonyl (C=O) groups excluding carboxylic acids is 4. The van der Waals surface area contributed by atoms with E-state index < -0.39 is 303 Å². The van der Waals surface area contributed by atoms with E-state index >= 15 is 0 Å². The molecule has 6 fully saturated rings. The summed E-state index contributed by atoms with van der Waals surface area (Å²) in [6, 6.07) is -7.04. The molecular weight excluding hydrogens is 1780 g/mol. The molecule has 0 aliphatic carbocycles. The minimum atomic E-state index is -3.57. The smallest absolute Gasteiger partial charge is 0.364 e. The molecule has 6 aliphatic heterocycles. The standard InChI is InChI=1S/C90H160N4O40/c1-5-7-9-11-13-15-17-19-20-21-22-23-24-25-26-28-30-32-34-36-38-40-63(108)93-53(54(104)39-37-35-33-31-29-27-18-16-14-12-10-8-6-2)50-123-84-74(116)73(115)78(62(48-100)127-84)129-85-75(117)81(69(111)58(44-96)124-85)130-83-67(92-52(4)103)72(114)77(61(47-99)126-83)128-86-76(118)82(70(112)59(45-97)125-86)134-90(88(121)122)42-56(106)66(94-64(109)49-101)80(133-90)71(113)60(46-98)131-89(87(119)120)41-55(105)65(91-51(3)102)79(132-89)68(110)57(107)43-95/h37,39,53-62,65-86,95-101,104-107,110-118H,5-36,38,40-50H2,1-4H3,(H,91,102)(H,92,103)(H,93,108)(H,94,109)(H,119,120)(H,121,122)/b39-37+/t53-,54+,55?,56?,57+,58?,59?,60+,61?,62?,65+,66+,67?,68+,69-,70-,71+,72+,73+,74?,75?,76?,77+,78+,79?,80?,81-,82-,83-,84+,85-,86-,89+,90-/m0/s1. The first-order valence-electron chi connectivity index (χ1n) is 48.4. The van der Waals surface area contributed by atoms with E-state index in [2.05, 4.69) is 35.1 Å². The molecule has 780 valence electrons. The SMILES string of the molecule is CCCCCCCCCCCCC/C=C/[C@@H](O)[C@H](CO[C@@H]1OC(CO)[C@@H](O[C@@H]2OC(CO)[C@H](O)[C@H](O[C@@H]3OC(CO)[C@@H](O[C@@H]4OC(CO)[C@H](O)[C@H](O[C@]5(C(=O)O)CC(O)[C@@H](NC(=O)CO)C([C@H](O)[C@@H](CO)O[C@]6(C(=O)O)CC(O)[C@@H](NC(C)=O)C([C@H](O)[C@H](O)CO)O6)O5)C4O)[C@H](O)C3NC(C)=O)C2O)[C@H](O)C1O)NC(=O)CCCCCCCCCCCCCCCCCCCCCCC. The fourth-order valence-electron chi connectivity index (χ4n) is 18.0. The Morgan fingerprint density at radius 3 is 1.25 bits per heavy atom. The van der Waals surface area contributed by atoms with Crippen LogP contribution in [-0.4, -0.2) is 408 Å². The summed E-state index contributed by atoms with van der Waals surface area (Å²) in [5.41, 5.74) is 0. The molecule has 0 aromatic rings. The number of rotatable bonds is 66. The molecule has 34 atom stereocenters. The van der Waals surface area contributed by atoms with Gasteiger partial charge in [-0.15, -0.1) is 0 Å². The predicted molar refractivity (Wildman–Crippen MR) is 469 cm³/mol. The van der Waals surface area contributed by atoms with Crippen LogP contribution in [0.5, 0.6) is 0 Å². The Labute approximate surface area is 782 Å². The van der Waals surface area contributed by atoms with Gasteiger partial charge in [0, 0.05) is 33.1 Å². The van der Waals surface area contributed by atoms with Gasteiger partial charge in [0.25, 0.3) is 11.6 Å². The van der Waals surface area contributed by atoms with Gasteiger partial charge in [-0.1, -0.05) is 219 Å². The lowest BCUT2D eigenvalue weighted by atomic mass is 9.87. The number of carboxylic acid groups (broad SMARTS) is 2. The highest BCUT2D eigenvalue weighted by molar-refractivity contribution is 5.79. The van der Waals surface area contributed by atoms with Crippen molar-refractivity contribution >= 4 is 35.6 Å². The second kappa shape index (κ2) is 61.9. The Kier molecular flexibility index (Phi) is 54.5. The molecular formula is C90H160N4O40. The van der Waals surface area contributed by atoms with E-state index in [0.717, 1.165) is 71.6 Å². The lowest BCUT2D eigenvalue weighted by Gasteiger charge is -2.52. The number of ether oxygens (including phenoxy) is 12. The second-order valence-corrected chi connectivity index (χ2v) is 36.4. The highest BCUT2D eigenvalue weighted by Crippen LogP contribution is 2.43. The van der Waals surface area contributed by atoms with Gasteiger partial charge >= 0.3 is 11.9 Å². The number of nitrogens with one attached hydrogen (secondary N) is 4. The van der Waals surface area contributed by atoms with Gasteiger partial charge in [0.1, 0.15) is 141 Å². The van der Waals surface area contributed by atoms with Gasteiger partial charge in [-0.2, -0.15) is 0 Å². The van der Waals surface area contributed by atoms with Crippen LogP contribution in [0.25, 0.3) is 0 Å². The molecule has 44 nitrogen and oxygen atoms in total. The van der Waals surface area contributed by atoms with Crippen molar-refractivity contribution in [2.75, 3.05) is 52.9 Å². The molecule has 6 rings (SSSR count). The zero-order chi connectivity index (χ0) is 98.8. The predicted octanol–water partition coefficient (Wildman–Crippen LogP) is -2.56. The Hall–Kier alpha value is -4.72. The number of amides is 4. The lowest BCUT2D eigenvalue weighted by molar-refractivity contribution is -0.391. The monoisotopic (exact) mass is 1940 g/mol. The molecule has 26 N–H and O–H groups in total. The summed E-state index contributed by atoms with van der Waals surface area (Å²) >= 11 is 0. The highest BCUT2D eigenvalue weighted by atomic mass is 16.8. The van der Waals surface area contributed by atoms with Crippen molar-refractivity contribution in [1.29, 1.82) is 0 Å². The van der Waals surface area contributed by atoms with Crippen LogP contribution in [0.4, 0.5) is 0 Å². The third-order valence-corrected chi connectivity index (χ3v) is 25.7. The molecule has 0 aromatic carbocycles. The first-order valence-corrected chi connectivity index (χ1v) is 48.4. The first kappa shape index (κ1) is 118. The summed E-state index contributed by atoms with van der Waals surface area (Å²) in [4.78, 5) is 78.8. The van der Waals surface area contributed by atoms with E-state index in [1.807, 2.05) is 6.08 Å². The van der Waals surface area contributed by atoms with Crippen molar-refractivity contribution in [1.82, 2.24) is 21.3 Å². The van der Waals surface area contributed by atoms with Crippen molar-refractivity contribution < 1.29 is 198 Å². The summed E-state index contributed by atoms with van der Waals surface area (Å²) in [6.07, 6.45) is -21.5. The lowest BCUT2D eigenvalue weighted by Crippen LogP contribution is -2.72. The molecule has 0 aromatic heterocycles. The number of aliphatic hydroxyl groups excluding tert-OH is 20. The van der Waals surface area contributed by atoms with Gasteiger partial charge in [-0.3, -0.25) is 19.2 Å². The number of allylic oxidation sites excluding steroid dienone is 1. The fourth-order valence-corrected chi connectivity index (χ4v) is 18.0. The number of hydrogen-bond donors (Lipinski definition) is 26. The van der Waals surface area contributed by atoms with Crippen LogP contribution in [0.15, 0.2) is 12.2 Å². The van der Waals surface area contributed by atoms with Crippen molar-refractivity contribution in [3.63, 3.8) is 0 Å². The van der Waals surface area contributed by atoms with Crippen LogP contribution in [0, 0.1) is 0 Å². The summed E-state index contributed by atoms with van der Waals surface area (Å²) < 4.78 is 70.6. The number of carbonyl (C=O) groups is 6. The zero-order valence-corrected chi connectivity index (χ0v) is 77.9. The Bertz CT molecular complexity index is 3330. The minimum Gasteiger partial charge on any atom is -0.477 e. The van der Waals surface area contributed by atoms with E-state index in [0.29, 0.717) is 12.8 Å². The third kappa shape index (κ3) is 35.7. The maximum atomic E-state index is 13.8. The third-order valence-electron chi connectivity index (χ3n) is 25.7. The van der Waals surface area contributed by atoms with Crippen LogP contribution in [0.3, 0.4) is 0 Å². The highest BCUT2D eigenvalue weighted by Gasteiger charge is 2.64. The van der Waals surface area contributed by atoms with Gasteiger partial charge in [0.2, 0.25) is 23.6 Å². The van der Waals surface area contributed by atoms with E-state index in [1.54, 1.807) is 6.08 Å². The summed E-state index contributed by atoms with van der Waals surface area (Å²) in [5.74, 6) is -15.0. The molecule has 6 saturated heterocycles. The zero-order valence-electron chi connectivity index (χ0n) is 77.9. The average Bonchev–Trinajstić information content (AvgIpc) is 0.748. The van der Waals surface area contributed by atoms with Crippen molar-refractivity contribution in [2.45, 2.75) is 466 Å². The van der Waals surface area contributed by atoms with Gasteiger partial charge in [-0.25, -0.2) is 9.59 Å². The van der Waals surface area contributed by atoms with Gasteiger partial charge < -0.3 is 190 Å². The minimum absolute atomic E-state index is 0.143. The second-order valence-electron chi connectivity index (χ2n) is 36.4. The first-order chi connectivity index (χ1) is 64.1. The Morgan fingerprint density at radius 1 is 0.410 bits per heavy atom. The normalized spacial score (nSPS) is 33.9. The molecule has 44 heteroatoms. The summed E-state index contributed by atoms with van der Waals surface area (Å²) in [5, 5.41) is 256. The van der Waals surface area contributed by atoms with E-state index in [9.17, 15) is 141 Å². The largest absolute Gasteiger partial charge is 0.477 e. The Balaban J connectivity index is 1.13. The molecule has 0 saturated carbocycles. The van der Waals surface area contributed by atoms with Crippen LogP contribution in [-0.2, 0) is 85.6 Å². The molecule has 12 unspecified atom stereocenters. The number of carboxylic acids is 2. The van der Waals surface area contributed by atoms with Crippen LogP contribution in [0.2, 0.25) is 0 Å². The number of hydrogen-bond acceptors (Lipinski definition) is 38. The van der Waals surface area contributed by atoms with Crippen molar-refractivity contribution in [3.05, 3.63) is 12.2 Å². The maximum Gasteiger partial charge on any atom is 0.364 e. The van der Waals surface area contributed by atoms with Gasteiger partial charge in [-0.05, 0) is 19.3 Å². The molecule has 6 aliphatic rings. The maximum absolute atomic E-state index is 13.8. The van der Waals surface area contributed by atoms with Crippen molar-refractivity contribution in [3.8, 4) is 0 Å². The topological polar surface area (TPSA) is 706 Å². The molecule has 0 spiro atoms. The van der Waals surface area contributed by atoms with Gasteiger partial charge in [0.15, 0.2) is 25.2 Å². The molecule has 6 heterocycles. The van der Waals surface area contributed by atoms with Gasteiger partial charge in [0.05, 0.1) is 82.7 Å². The van der Waals surface area contributed by atoms with E-state index in [4.69, 9.17) is 56.8 Å². The molecule has 0 radical (unpaired) electrons. The molecule has 4 amide bonds. The van der Waals surface area contributed by atoms with Crippen molar-refractivity contribution in [2.24, 2.45) is 0 Å². The number of aliphatic hydroxyl groups is 20. The fraction of sp³-hybridized carbons (Fsp3) is 0.911. The van der Waals surface area contributed by atoms with E-state index in [1.165, 1.54) is 141 Å². The summed E-state index contributed by atoms with van der Waals surface area (Å²) in [6.45, 7) is -2.89. The van der Waals surface area contributed by atoms with Crippen LogP contribution >= 0.6 is 0 Å². The quantitative estimate of drug-likeness (QED) is 0.0220. The number of unbranched alkanes of at least 4 members (excludes halogenated alkanes) is 31. The summed E-state index contributed by atoms with van der Waals surface area (Å²) in [7, 11) is 0. The molecule has 0 bridgehead atoms. The average molecular weight is 1940 g/mol. The van der Waals surface area contributed by atoms with Crippen LogP contribution in [0.1, 0.15) is 259 Å². The number of aliphatic carboxylic acids is 2. The van der Waals surface area contributed by atoms with E-state index in [-0.39, 0.29) is 12.3 Å². The van der Waals surface area contributed by atoms with Crippen LogP contribution < -0.4 is 21.3 Å². The molecule has 134 heavy (non-hydrogen) atoms. The Morgan fingerprint density at radius 2 is 0.806 bits per heavy atom.